The summed E-state index contributed by atoms with van der Waals surface area (Å²) in [5.41, 5.74) is 0.665. The van der Waals surface area contributed by atoms with Crippen molar-refractivity contribution in [3.05, 3.63) is 36.4 Å². The molecule has 1 rings (SSSR count). The second kappa shape index (κ2) is 6.44. The highest BCUT2D eigenvalue weighted by Gasteiger charge is 2.08. The second-order valence-corrected chi connectivity index (χ2v) is 3.50. The largest absolute Gasteiger partial charge is 0.494 e. The van der Waals surface area contributed by atoms with Crippen LogP contribution in [0.25, 0.3) is 0 Å². The normalized spacial score (nSPS) is 10.3. The molecule has 0 aromatic heterocycles. The van der Waals surface area contributed by atoms with Gasteiger partial charge < -0.3 is 14.7 Å². The van der Waals surface area contributed by atoms with E-state index in [0.717, 1.165) is 17.9 Å². The summed E-state index contributed by atoms with van der Waals surface area (Å²) < 4.78 is 5.28. The molecule has 1 amide bonds. The van der Waals surface area contributed by atoms with E-state index in [1.165, 1.54) is 4.90 Å². The van der Waals surface area contributed by atoms with E-state index in [-0.39, 0.29) is 0 Å². The quantitative estimate of drug-likeness (QED) is 0.806. The van der Waals surface area contributed by atoms with Gasteiger partial charge in [-0.3, -0.25) is 4.79 Å². The van der Waals surface area contributed by atoms with E-state index in [9.17, 15) is 9.59 Å². The van der Waals surface area contributed by atoms with Crippen molar-refractivity contribution >= 4 is 17.6 Å². The molecule has 96 valence electrons. The Kier molecular flexibility index (Phi) is 4.92. The molecule has 0 heterocycles. The van der Waals surface area contributed by atoms with E-state index in [2.05, 4.69) is 0 Å². The minimum atomic E-state index is -1.15. The fourth-order valence-corrected chi connectivity index (χ4v) is 1.31. The molecule has 0 aliphatic carbocycles. The number of amides is 1. The number of ether oxygens (including phenoxy) is 1. The Hall–Kier alpha value is -2.30. The molecule has 1 aromatic rings. The van der Waals surface area contributed by atoms with Crippen molar-refractivity contribution in [3.8, 4) is 5.75 Å². The van der Waals surface area contributed by atoms with E-state index in [4.69, 9.17) is 9.84 Å². The van der Waals surface area contributed by atoms with Gasteiger partial charge in [-0.1, -0.05) is 0 Å². The van der Waals surface area contributed by atoms with E-state index in [0.29, 0.717) is 12.3 Å². The van der Waals surface area contributed by atoms with Gasteiger partial charge in [-0.15, -0.1) is 0 Å². The Morgan fingerprint density at radius 3 is 2.39 bits per heavy atom. The van der Waals surface area contributed by atoms with E-state index >= 15 is 0 Å². The lowest BCUT2D eigenvalue weighted by molar-refractivity contribution is -0.131. The molecule has 5 nitrogen and oxygen atoms in total. The molecule has 18 heavy (non-hydrogen) atoms. The predicted molar refractivity (Wildman–Crippen MR) is 67.8 cm³/mol. The average molecular weight is 249 g/mol. The van der Waals surface area contributed by atoms with Crippen molar-refractivity contribution in [2.45, 2.75) is 6.92 Å². The molecule has 0 bridgehead atoms. The molecule has 0 atom stereocenters. The molecule has 0 spiro atoms. The van der Waals surface area contributed by atoms with Gasteiger partial charge >= 0.3 is 5.97 Å². The van der Waals surface area contributed by atoms with Crippen molar-refractivity contribution in [3.63, 3.8) is 0 Å². The molecular weight excluding hydrogens is 234 g/mol. The monoisotopic (exact) mass is 249 g/mol. The molecule has 0 fully saturated rings. The van der Waals surface area contributed by atoms with Gasteiger partial charge in [0, 0.05) is 24.9 Å². The molecule has 0 saturated heterocycles. The summed E-state index contributed by atoms with van der Waals surface area (Å²) in [5.74, 6) is -0.826. The zero-order valence-electron chi connectivity index (χ0n) is 10.3. The highest BCUT2D eigenvalue weighted by atomic mass is 16.5. The van der Waals surface area contributed by atoms with Crippen LogP contribution in [0.3, 0.4) is 0 Å². The number of hydrogen-bond acceptors (Lipinski definition) is 3. The lowest BCUT2D eigenvalue weighted by atomic mass is 10.2. The first-order valence-electron chi connectivity index (χ1n) is 5.46. The summed E-state index contributed by atoms with van der Waals surface area (Å²) in [4.78, 5) is 23.3. The highest BCUT2D eigenvalue weighted by Crippen LogP contribution is 2.18. The number of carboxylic acids is 1. The number of hydrogen-bond donors (Lipinski definition) is 1. The Balaban J connectivity index is 2.74. The van der Waals surface area contributed by atoms with Crippen LogP contribution in [0.2, 0.25) is 0 Å². The van der Waals surface area contributed by atoms with Gasteiger partial charge in [-0.05, 0) is 31.2 Å². The molecule has 5 heteroatoms. The number of likely N-dealkylation sites (N-methyl/N-ethyl adjacent to an activating group) is 1. The number of carbonyl (C=O) groups is 2. The molecule has 0 saturated carbocycles. The maximum atomic E-state index is 11.6. The summed E-state index contributed by atoms with van der Waals surface area (Å²) >= 11 is 0. The topological polar surface area (TPSA) is 66.8 Å². The van der Waals surface area contributed by atoms with Gasteiger partial charge in [-0.2, -0.15) is 0 Å². The first-order chi connectivity index (χ1) is 8.54. The summed E-state index contributed by atoms with van der Waals surface area (Å²) in [5, 5.41) is 8.44. The molecule has 0 aliphatic heterocycles. The van der Waals surface area contributed by atoms with Crippen molar-refractivity contribution in [1.82, 2.24) is 0 Å². The third kappa shape index (κ3) is 3.93. The molecule has 1 N–H and O–H groups in total. The summed E-state index contributed by atoms with van der Waals surface area (Å²) in [7, 11) is 1.57. The number of benzene rings is 1. The number of aliphatic carboxylic acids is 1. The van der Waals surface area contributed by atoms with E-state index in [1.54, 1.807) is 31.3 Å². The van der Waals surface area contributed by atoms with Crippen molar-refractivity contribution in [2.24, 2.45) is 0 Å². The predicted octanol–water partition coefficient (Wildman–Crippen LogP) is 1.69. The maximum Gasteiger partial charge on any atom is 0.328 e. The van der Waals surface area contributed by atoms with Gasteiger partial charge in [0.25, 0.3) is 5.91 Å². The zero-order chi connectivity index (χ0) is 13.5. The molecule has 0 aliphatic rings. The Morgan fingerprint density at radius 2 is 1.89 bits per heavy atom. The smallest absolute Gasteiger partial charge is 0.328 e. The van der Waals surface area contributed by atoms with E-state index in [1.807, 2.05) is 6.92 Å². The van der Waals surface area contributed by atoms with Gasteiger partial charge in [0.05, 0.1) is 6.61 Å². The van der Waals surface area contributed by atoms with Crippen LogP contribution in [0.15, 0.2) is 36.4 Å². The highest BCUT2D eigenvalue weighted by molar-refractivity contribution is 6.03. The van der Waals surface area contributed by atoms with Crippen LogP contribution in [0.1, 0.15) is 6.92 Å². The van der Waals surface area contributed by atoms with Crippen molar-refractivity contribution in [1.29, 1.82) is 0 Å². The number of carboxylic acid groups (broad SMARTS) is 1. The fourth-order valence-electron chi connectivity index (χ4n) is 1.31. The van der Waals surface area contributed by atoms with Crippen LogP contribution in [0, 0.1) is 0 Å². The lowest BCUT2D eigenvalue weighted by Gasteiger charge is -2.15. The van der Waals surface area contributed by atoms with Crippen LogP contribution in [0.4, 0.5) is 5.69 Å². The lowest BCUT2D eigenvalue weighted by Crippen LogP contribution is -2.24. The zero-order valence-corrected chi connectivity index (χ0v) is 10.3. The van der Waals surface area contributed by atoms with Crippen LogP contribution in [0.5, 0.6) is 5.75 Å². The average Bonchev–Trinajstić information content (AvgIpc) is 2.36. The van der Waals surface area contributed by atoms with Gasteiger partial charge in [0.15, 0.2) is 0 Å². The minimum absolute atomic E-state index is 0.401. The van der Waals surface area contributed by atoms with Gasteiger partial charge in [-0.25, -0.2) is 4.79 Å². The van der Waals surface area contributed by atoms with Crippen LogP contribution in [-0.2, 0) is 9.59 Å². The summed E-state index contributed by atoms with van der Waals surface area (Å²) in [6, 6.07) is 6.97. The first-order valence-corrected chi connectivity index (χ1v) is 5.46. The van der Waals surface area contributed by atoms with Crippen LogP contribution < -0.4 is 9.64 Å². The minimum Gasteiger partial charge on any atom is -0.494 e. The molecule has 0 radical (unpaired) electrons. The Labute approximate surface area is 105 Å². The van der Waals surface area contributed by atoms with Crippen molar-refractivity contribution in [2.75, 3.05) is 18.6 Å². The summed E-state index contributed by atoms with van der Waals surface area (Å²) in [6.07, 6.45) is 1.83. The van der Waals surface area contributed by atoms with Gasteiger partial charge in [0.2, 0.25) is 0 Å². The third-order valence-electron chi connectivity index (χ3n) is 2.23. The molecule has 0 unspecified atom stereocenters. The van der Waals surface area contributed by atoms with Crippen LogP contribution >= 0.6 is 0 Å². The van der Waals surface area contributed by atoms with Crippen LogP contribution in [-0.4, -0.2) is 30.6 Å². The number of nitrogens with zero attached hydrogens (tertiary/aromatic N) is 1. The fraction of sp³-hybridized carbons (Fsp3) is 0.231. The molecule has 1 aromatic carbocycles. The number of rotatable bonds is 5. The standard InChI is InChI=1S/C13H15NO4/c1-3-18-11-6-4-10(5-7-11)14(2)12(15)8-9-13(16)17/h4-9H,3H2,1-2H3,(H,16,17)/b9-8+. The first kappa shape index (κ1) is 13.8. The third-order valence-corrected chi connectivity index (χ3v) is 2.23. The molecular formula is C13H15NO4. The maximum absolute atomic E-state index is 11.6. The Bertz CT molecular complexity index is 451. The second-order valence-electron chi connectivity index (χ2n) is 3.50. The summed E-state index contributed by atoms with van der Waals surface area (Å²) in [6.45, 7) is 2.47. The number of anilines is 1. The van der Waals surface area contributed by atoms with Gasteiger partial charge in [0.1, 0.15) is 5.75 Å². The Morgan fingerprint density at radius 1 is 1.28 bits per heavy atom. The SMILES string of the molecule is CCOc1ccc(N(C)C(=O)/C=C/C(=O)O)cc1. The number of carbonyl (C=O) groups excluding carboxylic acids is 1. The van der Waals surface area contributed by atoms with Crippen molar-refractivity contribution < 1.29 is 19.4 Å². The van der Waals surface area contributed by atoms with E-state index < -0.39 is 11.9 Å².